The van der Waals surface area contributed by atoms with Crippen LogP contribution in [0.25, 0.3) is 0 Å². The average Bonchev–Trinajstić information content (AvgIpc) is 2.46. The molecule has 0 N–H and O–H groups in total. The fraction of sp³-hybridized carbons (Fsp3) is 0.667. The van der Waals surface area contributed by atoms with E-state index in [0.29, 0.717) is 17.9 Å². The monoisotopic (exact) mass is 330 g/mol. The molecule has 1 heterocycles. The number of carbonyl (C=O) groups is 3. The van der Waals surface area contributed by atoms with Crippen LogP contribution in [-0.4, -0.2) is 37.1 Å². The molecule has 0 aromatic heterocycles. The van der Waals surface area contributed by atoms with E-state index < -0.39 is 24.1 Å². The van der Waals surface area contributed by atoms with Gasteiger partial charge in [0.25, 0.3) is 0 Å². The van der Waals surface area contributed by atoms with Gasteiger partial charge >= 0.3 is 17.9 Å². The zero-order valence-electron chi connectivity index (χ0n) is 13.3. The largest absolute Gasteiger partial charge is 0.466 e. The first-order chi connectivity index (χ1) is 10.3. The molecule has 0 aromatic carbocycles. The van der Waals surface area contributed by atoms with Crippen molar-refractivity contribution in [1.29, 1.82) is 0 Å². The molecule has 0 saturated carbocycles. The lowest BCUT2D eigenvalue weighted by Gasteiger charge is -2.20. The van der Waals surface area contributed by atoms with Gasteiger partial charge in [-0.05, 0) is 39.5 Å². The smallest absolute Gasteiger partial charge is 0.337 e. The first-order valence-electron chi connectivity index (χ1n) is 7.07. The topological polar surface area (TPSA) is 78.9 Å². The Bertz CT molecular complexity index is 463. The molecule has 124 valence electrons. The number of carbonyl (C=O) groups excluding carboxylic acids is 3. The maximum absolute atomic E-state index is 11.9. The molecule has 0 spiro atoms. The Morgan fingerprint density at radius 1 is 1.23 bits per heavy atom. The minimum absolute atomic E-state index is 0.276. The SMILES string of the molecule is CCOC(=O)[C@@H]1CSC=C(C(=O)OCOC(=O)C(C)(C)C)C1. The molecule has 6 nitrogen and oxygen atoms in total. The second-order valence-corrected chi connectivity index (χ2v) is 6.76. The van der Waals surface area contributed by atoms with Crippen molar-refractivity contribution in [3.63, 3.8) is 0 Å². The highest BCUT2D eigenvalue weighted by molar-refractivity contribution is 8.02. The third kappa shape index (κ3) is 5.71. The molecule has 1 atom stereocenters. The molecule has 1 aliphatic heterocycles. The first-order valence-corrected chi connectivity index (χ1v) is 8.12. The van der Waals surface area contributed by atoms with Crippen molar-refractivity contribution in [3.8, 4) is 0 Å². The average molecular weight is 330 g/mol. The van der Waals surface area contributed by atoms with E-state index in [-0.39, 0.29) is 18.3 Å². The minimum atomic E-state index is -0.651. The van der Waals surface area contributed by atoms with E-state index in [1.165, 1.54) is 11.8 Å². The van der Waals surface area contributed by atoms with Gasteiger partial charge in [-0.25, -0.2) is 4.79 Å². The van der Waals surface area contributed by atoms with Gasteiger partial charge in [0.1, 0.15) is 0 Å². The van der Waals surface area contributed by atoms with Crippen molar-refractivity contribution in [2.45, 2.75) is 34.1 Å². The van der Waals surface area contributed by atoms with Gasteiger partial charge in [-0.15, -0.1) is 11.8 Å². The number of ether oxygens (including phenoxy) is 3. The Hall–Kier alpha value is -1.50. The Morgan fingerprint density at radius 3 is 2.50 bits per heavy atom. The highest BCUT2D eigenvalue weighted by Crippen LogP contribution is 2.28. The van der Waals surface area contributed by atoms with Crippen molar-refractivity contribution >= 4 is 29.7 Å². The van der Waals surface area contributed by atoms with Crippen LogP contribution < -0.4 is 0 Å². The highest BCUT2D eigenvalue weighted by Gasteiger charge is 2.28. The standard InChI is InChI=1S/C15H22O6S/c1-5-19-12(16)10-6-11(8-22-7-10)13(17)20-9-21-14(18)15(2,3)4/h8,10H,5-7,9H2,1-4H3/t10-/m0/s1. The summed E-state index contributed by atoms with van der Waals surface area (Å²) in [5.41, 5.74) is -0.261. The summed E-state index contributed by atoms with van der Waals surface area (Å²) >= 11 is 1.37. The van der Waals surface area contributed by atoms with Crippen LogP contribution in [0.5, 0.6) is 0 Å². The van der Waals surface area contributed by atoms with Crippen molar-refractivity contribution < 1.29 is 28.6 Å². The van der Waals surface area contributed by atoms with Crippen LogP contribution in [0.15, 0.2) is 11.0 Å². The normalized spacial score (nSPS) is 18.2. The summed E-state index contributed by atoms with van der Waals surface area (Å²) in [6.07, 6.45) is 0.276. The van der Waals surface area contributed by atoms with E-state index in [9.17, 15) is 14.4 Å². The van der Waals surface area contributed by atoms with Crippen LogP contribution >= 0.6 is 11.8 Å². The molecule has 0 aliphatic carbocycles. The molecule has 0 radical (unpaired) electrons. The molecule has 22 heavy (non-hydrogen) atoms. The lowest BCUT2D eigenvalue weighted by Crippen LogP contribution is -2.27. The lowest BCUT2D eigenvalue weighted by molar-refractivity contribution is -0.171. The minimum Gasteiger partial charge on any atom is -0.466 e. The van der Waals surface area contributed by atoms with Crippen LogP contribution in [0.4, 0.5) is 0 Å². The summed E-state index contributed by atoms with van der Waals surface area (Å²) in [6.45, 7) is 6.75. The number of rotatable bonds is 5. The maximum Gasteiger partial charge on any atom is 0.337 e. The van der Waals surface area contributed by atoms with Crippen LogP contribution in [0.1, 0.15) is 34.1 Å². The lowest BCUT2D eigenvalue weighted by atomic mass is 9.98. The molecule has 0 fully saturated rings. The van der Waals surface area contributed by atoms with E-state index in [1.54, 1.807) is 33.1 Å². The Labute approximate surface area is 134 Å². The zero-order valence-corrected chi connectivity index (χ0v) is 14.2. The third-order valence-corrected chi connectivity index (χ3v) is 3.91. The number of esters is 3. The molecule has 1 aliphatic rings. The van der Waals surface area contributed by atoms with Gasteiger partial charge in [0.15, 0.2) is 0 Å². The van der Waals surface area contributed by atoms with E-state index >= 15 is 0 Å². The van der Waals surface area contributed by atoms with Crippen molar-refractivity contribution in [2.75, 3.05) is 19.2 Å². The number of hydrogen-bond donors (Lipinski definition) is 0. The molecule has 0 bridgehead atoms. The second kappa shape index (κ2) is 8.22. The zero-order chi connectivity index (χ0) is 16.8. The van der Waals surface area contributed by atoms with E-state index in [2.05, 4.69) is 0 Å². The number of hydrogen-bond acceptors (Lipinski definition) is 7. The van der Waals surface area contributed by atoms with Gasteiger partial charge in [0, 0.05) is 11.3 Å². The molecule has 0 saturated heterocycles. The second-order valence-electron chi connectivity index (χ2n) is 5.86. The summed E-state index contributed by atoms with van der Waals surface area (Å²) in [5.74, 6) is -1.11. The molecule has 0 aromatic rings. The predicted octanol–water partition coefficient (Wildman–Crippen LogP) is 2.28. The van der Waals surface area contributed by atoms with Gasteiger partial charge in [0.2, 0.25) is 6.79 Å². The van der Waals surface area contributed by atoms with E-state index in [0.717, 1.165) is 0 Å². The summed E-state index contributed by atoms with van der Waals surface area (Å²) in [4.78, 5) is 35.1. The van der Waals surface area contributed by atoms with E-state index in [1.807, 2.05) is 0 Å². The van der Waals surface area contributed by atoms with Gasteiger partial charge in [-0.3, -0.25) is 9.59 Å². The van der Waals surface area contributed by atoms with Crippen LogP contribution in [0.3, 0.4) is 0 Å². The molecule has 1 rings (SSSR count). The molecule has 0 amide bonds. The fourth-order valence-corrected chi connectivity index (χ4v) is 2.60. The molecule has 7 heteroatoms. The van der Waals surface area contributed by atoms with Crippen LogP contribution in [-0.2, 0) is 28.6 Å². The van der Waals surface area contributed by atoms with E-state index in [4.69, 9.17) is 14.2 Å². The third-order valence-electron chi connectivity index (χ3n) is 2.86. The summed E-state index contributed by atoms with van der Waals surface area (Å²) in [7, 11) is 0. The van der Waals surface area contributed by atoms with Gasteiger partial charge in [-0.1, -0.05) is 0 Å². The highest BCUT2D eigenvalue weighted by atomic mass is 32.2. The summed E-state index contributed by atoms with van der Waals surface area (Å²) in [5, 5.41) is 1.67. The molecule has 0 unspecified atom stereocenters. The van der Waals surface area contributed by atoms with Gasteiger partial charge in [0.05, 0.1) is 17.9 Å². The van der Waals surface area contributed by atoms with Crippen molar-refractivity contribution in [1.82, 2.24) is 0 Å². The predicted molar refractivity (Wildman–Crippen MR) is 81.8 cm³/mol. The summed E-state index contributed by atoms with van der Waals surface area (Å²) in [6, 6.07) is 0. The Kier molecular flexibility index (Phi) is 6.93. The van der Waals surface area contributed by atoms with Gasteiger partial charge < -0.3 is 14.2 Å². The first kappa shape index (κ1) is 18.5. The molecular weight excluding hydrogens is 308 g/mol. The Balaban J connectivity index is 2.44. The quantitative estimate of drug-likeness (QED) is 0.565. The fourth-order valence-electron chi connectivity index (χ4n) is 1.63. The Morgan fingerprint density at radius 2 is 1.91 bits per heavy atom. The number of thioether (sulfide) groups is 1. The summed E-state index contributed by atoms with van der Waals surface area (Å²) < 4.78 is 14.8. The van der Waals surface area contributed by atoms with Crippen LogP contribution in [0, 0.1) is 11.3 Å². The van der Waals surface area contributed by atoms with Crippen molar-refractivity contribution in [3.05, 3.63) is 11.0 Å². The van der Waals surface area contributed by atoms with Gasteiger partial charge in [-0.2, -0.15) is 0 Å². The van der Waals surface area contributed by atoms with Crippen LogP contribution in [0.2, 0.25) is 0 Å². The van der Waals surface area contributed by atoms with Crippen molar-refractivity contribution in [2.24, 2.45) is 11.3 Å². The maximum atomic E-state index is 11.9. The molecular formula is C15H22O6S.